The zero-order valence-electron chi connectivity index (χ0n) is 20.0. The molecule has 0 spiro atoms. The van der Waals surface area contributed by atoms with Crippen molar-refractivity contribution in [2.75, 3.05) is 45.2 Å². The number of ether oxygens (including phenoxy) is 1. The number of benzene rings is 1. The molecule has 176 valence electrons. The lowest BCUT2D eigenvalue weighted by molar-refractivity contribution is -0.133. The first-order valence-corrected chi connectivity index (χ1v) is 12.3. The molecule has 3 aliphatic rings. The first-order valence-electron chi connectivity index (χ1n) is 12.3. The minimum absolute atomic E-state index is 0.0734. The minimum atomic E-state index is -0.0955. The maximum atomic E-state index is 13.1. The summed E-state index contributed by atoms with van der Waals surface area (Å²) in [5, 5.41) is 0. The molecule has 2 aromatic rings. The van der Waals surface area contributed by atoms with E-state index in [1.165, 1.54) is 30.4 Å². The van der Waals surface area contributed by atoms with Crippen molar-refractivity contribution in [3.05, 3.63) is 47.3 Å². The highest BCUT2D eigenvalue weighted by Gasteiger charge is 2.40. The summed E-state index contributed by atoms with van der Waals surface area (Å²) in [5.41, 5.74) is 3.56. The molecule has 1 amide bonds. The highest BCUT2D eigenvalue weighted by Crippen LogP contribution is 2.35. The number of hydrogen-bond acceptors (Lipinski definition) is 6. The van der Waals surface area contributed by atoms with Gasteiger partial charge in [-0.15, -0.1) is 0 Å². The van der Waals surface area contributed by atoms with E-state index in [0.29, 0.717) is 0 Å². The van der Waals surface area contributed by atoms with Crippen molar-refractivity contribution in [3.8, 4) is 5.75 Å². The molecule has 0 radical (unpaired) electrons. The highest BCUT2D eigenvalue weighted by atomic mass is 16.5. The average Bonchev–Trinajstić information content (AvgIpc) is 3.41. The molecule has 0 aliphatic carbocycles. The summed E-state index contributed by atoms with van der Waals surface area (Å²) in [6, 6.07) is 8.53. The number of anilines is 1. The molecule has 2 fully saturated rings. The van der Waals surface area contributed by atoms with E-state index in [0.717, 1.165) is 56.5 Å². The summed E-state index contributed by atoms with van der Waals surface area (Å²) in [5.74, 6) is 1.98. The predicted octanol–water partition coefficient (Wildman–Crippen LogP) is 3.09. The number of carbonyl (C=O) groups is 1. The van der Waals surface area contributed by atoms with Crippen LogP contribution in [0.1, 0.15) is 48.9 Å². The van der Waals surface area contributed by atoms with Gasteiger partial charge in [-0.3, -0.25) is 9.69 Å². The largest absolute Gasteiger partial charge is 0.490 e. The van der Waals surface area contributed by atoms with Crippen LogP contribution in [0.3, 0.4) is 0 Å². The van der Waals surface area contributed by atoms with Crippen molar-refractivity contribution in [1.29, 1.82) is 0 Å². The van der Waals surface area contributed by atoms with E-state index in [2.05, 4.69) is 39.9 Å². The van der Waals surface area contributed by atoms with Crippen LogP contribution in [0.2, 0.25) is 0 Å². The number of rotatable bonds is 5. The SMILES string of the molecule is CC1Cc2cc(CN3C[C@H](C(=O)N(C)C)[C@@H](c4ccnc(N5CCCCC5)n4)C3)ccc2O1. The smallest absolute Gasteiger partial charge is 0.227 e. The van der Waals surface area contributed by atoms with E-state index < -0.39 is 0 Å². The molecule has 2 saturated heterocycles. The summed E-state index contributed by atoms with van der Waals surface area (Å²) < 4.78 is 5.86. The molecule has 3 atom stereocenters. The zero-order valence-corrected chi connectivity index (χ0v) is 20.0. The third-order valence-corrected chi connectivity index (χ3v) is 7.20. The van der Waals surface area contributed by atoms with Crippen molar-refractivity contribution in [3.63, 3.8) is 0 Å². The van der Waals surface area contributed by atoms with Gasteiger partial charge in [-0.25, -0.2) is 9.97 Å². The Morgan fingerprint density at radius 2 is 1.97 bits per heavy atom. The van der Waals surface area contributed by atoms with Crippen LogP contribution in [0.4, 0.5) is 5.95 Å². The first-order chi connectivity index (χ1) is 16.0. The van der Waals surface area contributed by atoms with Crippen LogP contribution in [-0.2, 0) is 17.8 Å². The Bertz CT molecular complexity index is 1000. The molecule has 1 aromatic carbocycles. The quantitative estimate of drug-likeness (QED) is 0.699. The second-order valence-corrected chi connectivity index (χ2v) is 10.0. The van der Waals surface area contributed by atoms with E-state index >= 15 is 0 Å². The lowest BCUT2D eigenvalue weighted by Gasteiger charge is -2.27. The molecule has 3 aliphatic heterocycles. The number of nitrogens with zero attached hydrogens (tertiary/aromatic N) is 5. The van der Waals surface area contributed by atoms with E-state index in [-0.39, 0.29) is 23.8 Å². The van der Waals surface area contributed by atoms with E-state index in [9.17, 15) is 4.79 Å². The Morgan fingerprint density at radius 3 is 2.76 bits per heavy atom. The van der Waals surface area contributed by atoms with Gasteiger partial charge in [-0.2, -0.15) is 0 Å². The van der Waals surface area contributed by atoms with Gasteiger partial charge in [0, 0.05) is 65.4 Å². The van der Waals surface area contributed by atoms with Crippen LogP contribution >= 0.6 is 0 Å². The third-order valence-electron chi connectivity index (χ3n) is 7.20. The Hall–Kier alpha value is -2.67. The maximum absolute atomic E-state index is 13.1. The highest BCUT2D eigenvalue weighted by molar-refractivity contribution is 5.80. The maximum Gasteiger partial charge on any atom is 0.227 e. The van der Waals surface area contributed by atoms with Crippen molar-refractivity contribution in [1.82, 2.24) is 19.8 Å². The van der Waals surface area contributed by atoms with Crippen LogP contribution < -0.4 is 9.64 Å². The lowest BCUT2D eigenvalue weighted by atomic mass is 9.91. The third kappa shape index (κ3) is 4.69. The molecule has 1 unspecified atom stereocenters. The Balaban J connectivity index is 1.36. The summed E-state index contributed by atoms with van der Waals surface area (Å²) in [6.45, 7) is 6.54. The molecule has 0 saturated carbocycles. The van der Waals surface area contributed by atoms with Crippen LogP contribution in [0.15, 0.2) is 30.5 Å². The molecule has 4 heterocycles. The Morgan fingerprint density at radius 1 is 1.15 bits per heavy atom. The molecule has 0 N–H and O–H groups in total. The van der Waals surface area contributed by atoms with Gasteiger partial charge in [0.15, 0.2) is 0 Å². The van der Waals surface area contributed by atoms with Gasteiger partial charge in [0.2, 0.25) is 11.9 Å². The van der Waals surface area contributed by atoms with Gasteiger partial charge in [0.25, 0.3) is 0 Å². The second-order valence-electron chi connectivity index (χ2n) is 10.0. The Labute approximate surface area is 196 Å². The lowest BCUT2D eigenvalue weighted by Crippen LogP contribution is -2.34. The summed E-state index contributed by atoms with van der Waals surface area (Å²) in [4.78, 5) is 29.1. The van der Waals surface area contributed by atoms with Gasteiger partial charge in [-0.1, -0.05) is 12.1 Å². The number of carbonyl (C=O) groups excluding carboxylic acids is 1. The number of aromatic nitrogens is 2. The summed E-state index contributed by atoms with van der Waals surface area (Å²) in [6.07, 6.45) is 6.75. The van der Waals surface area contributed by atoms with Gasteiger partial charge in [0.1, 0.15) is 11.9 Å². The second kappa shape index (κ2) is 9.29. The average molecular weight is 450 g/mol. The molecule has 7 heteroatoms. The fourth-order valence-electron chi connectivity index (χ4n) is 5.54. The fraction of sp³-hybridized carbons (Fsp3) is 0.577. The molecule has 0 bridgehead atoms. The van der Waals surface area contributed by atoms with Crippen molar-refractivity contribution >= 4 is 11.9 Å². The number of amides is 1. The first kappa shape index (κ1) is 22.1. The van der Waals surface area contributed by atoms with Gasteiger partial charge in [-0.05, 0) is 49.4 Å². The Kier molecular flexibility index (Phi) is 6.23. The van der Waals surface area contributed by atoms with Gasteiger partial charge >= 0.3 is 0 Å². The number of likely N-dealkylation sites (tertiary alicyclic amines) is 1. The van der Waals surface area contributed by atoms with Crippen LogP contribution in [0, 0.1) is 5.92 Å². The van der Waals surface area contributed by atoms with Crippen molar-refractivity contribution in [2.24, 2.45) is 5.92 Å². The number of hydrogen-bond donors (Lipinski definition) is 0. The molecule has 33 heavy (non-hydrogen) atoms. The minimum Gasteiger partial charge on any atom is -0.490 e. The summed E-state index contributed by atoms with van der Waals surface area (Å²) >= 11 is 0. The van der Waals surface area contributed by atoms with Gasteiger partial charge < -0.3 is 14.5 Å². The zero-order chi connectivity index (χ0) is 22.9. The molecule has 5 rings (SSSR count). The fourth-order valence-corrected chi connectivity index (χ4v) is 5.54. The van der Waals surface area contributed by atoms with Crippen molar-refractivity contribution in [2.45, 2.75) is 51.2 Å². The van der Waals surface area contributed by atoms with E-state index in [1.807, 2.05) is 26.4 Å². The standard InChI is InChI=1S/C26H35N5O2/c1-18-13-20-14-19(7-8-24(20)33-18)15-30-16-21(22(17-30)25(32)29(2)3)23-9-10-27-26(28-23)31-11-5-4-6-12-31/h7-10,14,18,21-22H,4-6,11-13,15-17H2,1-3H3/t18?,21-,22-/m0/s1. The monoisotopic (exact) mass is 449 g/mol. The summed E-state index contributed by atoms with van der Waals surface area (Å²) in [7, 11) is 3.70. The molecule has 1 aromatic heterocycles. The molecular formula is C26H35N5O2. The normalized spacial score (nSPS) is 25.1. The predicted molar refractivity (Wildman–Crippen MR) is 129 cm³/mol. The van der Waals surface area contributed by atoms with Crippen molar-refractivity contribution < 1.29 is 9.53 Å². The van der Waals surface area contributed by atoms with E-state index in [1.54, 1.807) is 4.90 Å². The molecule has 7 nitrogen and oxygen atoms in total. The van der Waals surface area contributed by atoms with Crippen LogP contribution in [-0.4, -0.2) is 72.1 Å². The number of piperidine rings is 1. The topological polar surface area (TPSA) is 61.8 Å². The van der Waals surface area contributed by atoms with Crippen LogP contribution in [0.5, 0.6) is 5.75 Å². The molecular weight excluding hydrogens is 414 g/mol. The number of fused-ring (bicyclic) bond motifs is 1. The van der Waals surface area contributed by atoms with E-state index in [4.69, 9.17) is 9.72 Å². The van der Waals surface area contributed by atoms with Crippen LogP contribution in [0.25, 0.3) is 0 Å². The van der Waals surface area contributed by atoms with Gasteiger partial charge in [0.05, 0.1) is 11.6 Å².